The Morgan fingerprint density at radius 1 is 1.24 bits per heavy atom. The molecule has 0 atom stereocenters. The smallest absolute Gasteiger partial charge is 0.410 e. The topological polar surface area (TPSA) is 58.6 Å². The summed E-state index contributed by atoms with van der Waals surface area (Å²) in [6.45, 7) is 6.94. The van der Waals surface area contributed by atoms with E-state index in [1.54, 1.807) is 23.1 Å². The molecule has 1 saturated heterocycles. The summed E-state index contributed by atoms with van der Waals surface area (Å²) in [6, 6.07) is 6.58. The molecular formula is C19H27FN2O3. The molecule has 1 heterocycles. The van der Waals surface area contributed by atoms with Crippen LogP contribution in [0.4, 0.5) is 9.18 Å². The highest BCUT2D eigenvalue weighted by Crippen LogP contribution is 2.20. The van der Waals surface area contributed by atoms with Gasteiger partial charge in [0.05, 0.1) is 0 Å². The van der Waals surface area contributed by atoms with E-state index < -0.39 is 5.60 Å². The van der Waals surface area contributed by atoms with Crippen molar-refractivity contribution < 1.29 is 18.7 Å². The second-order valence-electron chi connectivity index (χ2n) is 7.37. The van der Waals surface area contributed by atoms with E-state index in [1.165, 1.54) is 6.07 Å². The minimum atomic E-state index is -0.516. The van der Waals surface area contributed by atoms with Crippen molar-refractivity contribution in [2.75, 3.05) is 19.6 Å². The van der Waals surface area contributed by atoms with Crippen LogP contribution in [0.2, 0.25) is 0 Å². The Bertz CT molecular complexity index is 605. The second kappa shape index (κ2) is 8.32. The molecule has 1 aromatic rings. The normalized spacial score (nSPS) is 15.8. The van der Waals surface area contributed by atoms with Gasteiger partial charge in [0.1, 0.15) is 11.4 Å². The van der Waals surface area contributed by atoms with Gasteiger partial charge in [-0.25, -0.2) is 9.18 Å². The number of rotatable bonds is 4. The maximum absolute atomic E-state index is 13.5. The molecule has 1 aliphatic rings. The first-order chi connectivity index (χ1) is 11.8. The predicted octanol–water partition coefficient (Wildman–Crippen LogP) is 3.13. The molecule has 0 bridgehead atoms. The number of piperidine rings is 1. The monoisotopic (exact) mass is 350 g/mol. The average Bonchev–Trinajstić information content (AvgIpc) is 2.55. The minimum absolute atomic E-state index is 0.0276. The number of nitrogens with zero attached hydrogens (tertiary/aromatic N) is 1. The molecule has 1 aromatic carbocycles. The van der Waals surface area contributed by atoms with Crippen molar-refractivity contribution in [2.24, 2.45) is 5.92 Å². The number of carbonyl (C=O) groups is 2. The molecular weight excluding hydrogens is 323 g/mol. The summed E-state index contributed by atoms with van der Waals surface area (Å²) < 4.78 is 18.9. The van der Waals surface area contributed by atoms with Gasteiger partial charge in [-0.1, -0.05) is 18.2 Å². The SMILES string of the molecule is CC(C)(C)OC(=O)N1CCC(C(=O)NCCc2ccccc2F)CC1. The van der Waals surface area contributed by atoms with Gasteiger partial charge >= 0.3 is 6.09 Å². The van der Waals surface area contributed by atoms with Gasteiger partial charge in [0.2, 0.25) is 5.91 Å². The molecule has 0 unspecified atom stereocenters. The lowest BCUT2D eigenvalue weighted by Gasteiger charge is -2.32. The summed E-state index contributed by atoms with van der Waals surface area (Å²) in [5.41, 5.74) is 0.0837. The molecule has 0 aromatic heterocycles. The van der Waals surface area contributed by atoms with Gasteiger partial charge in [-0.2, -0.15) is 0 Å². The Labute approximate surface area is 148 Å². The van der Waals surface area contributed by atoms with E-state index in [2.05, 4.69) is 5.32 Å². The Morgan fingerprint density at radius 3 is 2.48 bits per heavy atom. The molecule has 6 heteroatoms. The third-order valence-corrected chi connectivity index (χ3v) is 4.17. The number of hydrogen-bond donors (Lipinski definition) is 1. The first-order valence-electron chi connectivity index (χ1n) is 8.75. The average molecular weight is 350 g/mol. The van der Waals surface area contributed by atoms with Crippen LogP contribution < -0.4 is 5.32 Å². The lowest BCUT2D eigenvalue weighted by molar-refractivity contribution is -0.126. The molecule has 0 saturated carbocycles. The Hall–Kier alpha value is -2.11. The Balaban J connectivity index is 1.72. The van der Waals surface area contributed by atoms with Crippen LogP contribution in [0, 0.1) is 11.7 Å². The molecule has 138 valence electrons. The van der Waals surface area contributed by atoms with Crippen LogP contribution in [0.25, 0.3) is 0 Å². The van der Waals surface area contributed by atoms with E-state index in [9.17, 15) is 14.0 Å². The Kier molecular flexibility index (Phi) is 6.39. The number of nitrogens with one attached hydrogen (secondary N) is 1. The van der Waals surface area contributed by atoms with Crippen LogP contribution in [-0.2, 0) is 16.0 Å². The second-order valence-corrected chi connectivity index (χ2v) is 7.37. The van der Waals surface area contributed by atoms with Crippen molar-refractivity contribution >= 4 is 12.0 Å². The predicted molar refractivity (Wildman–Crippen MR) is 93.6 cm³/mol. The zero-order chi connectivity index (χ0) is 18.4. The highest BCUT2D eigenvalue weighted by Gasteiger charge is 2.29. The zero-order valence-electron chi connectivity index (χ0n) is 15.2. The summed E-state index contributed by atoms with van der Waals surface area (Å²) in [4.78, 5) is 25.9. The first kappa shape index (κ1) is 19.2. The number of halogens is 1. The lowest BCUT2D eigenvalue weighted by atomic mass is 9.96. The van der Waals surface area contributed by atoms with Gasteiger partial charge in [0, 0.05) is 25.6 Å². The van der Waals surface area contributed by atoms with E-state index in [4.69, 9.17) is 4.74 Å². The quantitative estimate of drug-likeness (QED) is 0.908. The molecule has 1 N–H and O–H groups in total. The summed E-state index contributed by atoms with van der Waals surface area (Å²) in [5.74, 6) is -0.387. The van der Waals surface area contributed by atoms with Crippen molar-refractivity contribution in [3.63, 3.8) is 0 Å². The fraction of sp³-hybridized carbons (Fsp3) is 0.579. The molecule has 2 rings (SSSR count). The number of likely N-dealkylation sites (tertiary alicyclic amines) is 1. The van der Waals surface area contributed by atoms with Gasteiger partial charge in [0.15, 0.2) is 0 Å². The van der Waals surface area contributed by atoms with Gasteiger partial charge in [-0.3, -0.25) is 4.79 Å². The standard InChI is InChI=1S/C19H27FN2O3/c1-19(2,3)25-18(24)22-12-9-15(10-13-22)17(23)21-11-8-14-6-4-5-7-16(14)20/h4-7,15H,8-13H2,1-3H3,(H,21,23). The van der Waals surface area contributed by atoms with E-state index in [1.807, 2.05) is 20.8 Å². The molecule has 1 aliphatic heterocycles. The van der Waals surface area contributed by atoms with E-state index >= 15 is 0 Å². The van der Waals surface area contributed by atoms with Crippen molar-refractivity contribution in [1.82, 2.24) is 10.2 Å². The van der Waals surface area contributed by atoms with Crippen molar-refractivity contribution in [2.45, 2.75) is 45.6 Å². The van der Waals surface area contributed by atoms with Crippen molar-refractivity contribution in [3.8, 4) is 0 Å². The maximum Gasteiger partial charge on any atom is 0.410 e. The molecule has 25 heavy (non-hydrogen) atoms. The molecule has 5 nitrogen and oxygen atoms in total. The highest BCUT2D eigenvalue weighted by molar-refractivity contribution is 5.79. The van der Waals surface area contributed by atoms with Gasteiger partial charge in [-0.15, -0.1) is 0 Å². The molecule has 0 spiro atoms. The van der Waals surface area contributed by atoms with Crippen molar-refractivity contribution in [3.05, 3.63) is 35.6 Å². The van der Waals surface area contributed by atoms with Gasteiger partial charge < -0.3 is 15.0 Å². The minimum Gasteiger partial charge on any atom is -0.444 e. The van der Waals surface area contributed by atoms with Crippen LogP contribution in [0.1, 0.15) is 39.2 Å². The van der Waals surface area contributed by atoms with E-state index in [-0.39, 0.29) is 23.7 Å². The fourth-order valence-electron chi connectivity index (χ4n) is 2.82. The number of benzene rings is 1. The number of hydrogen-bond acceptors (Lipinski definition) is 3. The number of carbonyl (C=O) groups excluding carboxylic acids is 2. The first-order valence-corrected chi connectivity index (χ1v) is 8.75. The van der Waals surface area contributed by atoms with E-state index in [0.29, 0.717) is 44.5 Å². The molecule has 2 amide bonds. The highest BCUT2D eigenvalue weighted by atomic mass is 19.1. The third kappa shape index (κ3) is 6.03. The van der Waals surface area contributed by atoms with Crippen LogP contribution in [0.15, 0.2) is 24.3 Å². The Morgan fingerprint density at radius 2 is 1.88 bits per heavy atom. The fourth-order valence-corrected chi connectivity index (χ4v) is 2.82. The van der Waals surface area contributed by atoms with E-state index in [0.717, 1.165) is 0 Å². The summed E-state index contributed by atoms with van der Waals surface area (Å²) in [6.07, 6.45) is 1.37. The maximum atomic E-state index is 13.5. The van der Waals surface area contributed by atoms with Gasteiger partial charge in [-0.05, 0) is 51.7 Å². The molecule has 0 aliphatic carbocycles. The van der Waals surface area contributed by atoms with Crippen LogP contribution in [-0.4, -0.2) is 42.1 Å². The molecule has 1 fully saturated rings. The van der Waals surface area contributed by atoms with Crippen LogP contribution in [0.5, 0.6) is 0 Å². The lowest BCUT2D eigenvalue weighted by Crippen LogP contribution is -2.45. The summed E-state index contributed by atoms with van der Waals surface area (Å²) in [5, 5.41) is 2.87. The number of amides is 2. The summed E-state index contributed by atoms with van der Waals surface area (Å²) >= 11 is 0. The van der Waals surface area contributed by atoms with Gasteiger partial charge in [0.25, 0.3) is 0 Å². The van der Waals surface area contributed by atoms with Crippen LogP contribution >= 0.6 is 0 Å². The largest absolute Gasteiger partial charge is 0.444 e. The zero-order valence-corrected chi connectivity index (χ0v) is 15.2. The van der Waals surface area contributed by atoms with Crippen LogP contribution in [0.3, 0.4) is 0 Å². The molecule has 0 radical (unpaired) electrons. The number of ether oxygens (including phenoxy) is 1. The third-order valence-electron chi connectivity index (χ3n) is 4.17. The van der Waals surface area contributed by atoms with Crippen molar-refractivity contribution in [1.29, 1.82) is 0 Å². The summed E-state index contributed by atoms with van der Waals surface area (Å²) in [7, 11) is 0.